The lowest BCUT2D eigenvalue weighted by atomic mass is 10.2. The Bertz CT molecular complexity index is 422. The highest BCUT2D eigenvalue weighted by atomic mass is 16.1. The molecule has 5 heteroatoms. The van der Waals surface area contributed by atoms with E-state index in [1.165, 1.54) is 19.3 Å². The summed E-state index contributed by atoms with van der Waals surface area (Å²) in [6.45, 7) is 3.28. The van der Waals surface area contributed by atoms with Gasteiger partial charge < -0.3 is 9.88 Å². The van der Waals surface area contributed by atoms with Crippen molar-refractivity contribution in [3.05, 3.63) is 12.0 Å². The smallest absolute Gasteiger partial charge is 0.206 e. The van der Waals surface area contributed by atoms with Gasteiger partial charge in [0.2, 0.25) is 5.78 Å². The Morgan fingerprint density at radius 2 is 2.29 bits per heavy atom. The van der Waals surface area contributed by atoms with Gasteiger partial charge in [-0.15, -0.1) is 0 Å². The third-order valence-electron chi connectivity index (χ3n) is 2.88. The number of hydrogen-bond donors (Lipinski definition) is 1. The number of unbranched alkanes of at least 4 members (excludes halogenated alkanes) is 3. The normalized spacial score (nSPS) is 14.3. The van der Waals surface area contributed by atoms with Gasteiger partial charge in [-0.25, -0.2) is 4.98 Å². The average molecular weight is 234 g/mol. The number of hydrogen-bond acceptors (Lipinski definition) is 4. The minimum Gasteiger partial charge on any atom is -0.331 e. The predicted octanol–water partition coefficient (Wildman–Crippen LogP) is 2.10. The van der Waals surface area contributed by atoms with Gasteiger partial charge in [0.25, 0.3) is 0 Å². The Kier molecular flexibility index (Phi) is 3.90. The third-order valence-corrected chi connectivity index (χ3v) is 2.88. The summed E-state index contributed by atoms with van der Waals surface area (Å²) in [4.78, 5) is 19.8. The Labute approximate surface area is 101 Å². The Morgan fingerprint density at radius 1 is 1.41 bits per heavy atom. The van der Waals surface area contributed by atoms with Gasteiger partial charge in [0.1, 0.15) is 12.4 Å². The molecule has 0 fully saturated rings. The molecule has 0 saturated heterocycles. The lowest BCUT2D eigenvalue weighted by molar-refractivity contribution is 0.0999. The van der Waals surface area contributed by atoms with Crippen molar-refractivity contribution in [2.75, 3.05) is 11.9 Å². The maximum atomic E-state index is 11.7. The topological polar surface area (TPSA) is 59.3 Å². The van der Waals surface area contributed by atoms with Gasteiger partial charge in [-0.3, -0.25) is 9.79 Å². The molecule has 1 aromatic heterocycles. The first-order chi connectivity index (χ1) is 8.33. The van der Waals surface area contributed by atoms with Crippen molar-refractivity contribution in [1.29, 1.82) is 0 Å². The summed E-state index contributed by atoms with van der Waals surface area (Å²) in [6.07, 6.45) is 8.12. The fourth-order valence-corrected chi connectivity index (χ4v) is 1.93. The van der Waals surface area contributed by atoms with Crippen molar-refractivity contribution >= 4 is 17.9 Å². The van der Waals surface area contributed by atoms with Gasteiger partial charge in [-0.05, 0) is 6.42 Å². The molecule has 0 spiro atoms. The van der Waals surface area contributed by atoms with Gasteiger partial charge in [0.15, 0.2) is 5.69 Å². The van der Waals surface area contributed by atoms with Crippen LogP contribution in [0.2, 0.25) is 0 Å². The van der Waals surface area contributed by atoms with E-state index in [0.29, 0.717) is 5.69 Å². The van der Waals surface area contributed by atoms with E-state index in [0.717, 1.165) is 18.8 Å². The fourth-order valence-electron chi connectivity index (χ4n) is 1.93. The van der Waals surface area contributed by atoms with E-state index in [9.17, 15) is 4.79 Å². The SMILES string of the molecule is CCCCCCn1cnc2c1NC=NCC2=O. The minimum atomic E-state index is -0.0199. The number of imidazole rings is 1. The molecule has 0 atom stereocenters. The molecule has 0 unspecified atom stereocenters. The van der Waals surface area contributed by atoms with E-state index >= 15 is 0 Å². The number of aliphatic imine (C=N–C) groups is 1. The quantitative estimate of drug-likeness (QED) is 0.794. The van der Waals surface area contributed by atoms with Crippen LogP contribution in [0.5, 0.6) is 0 Å². The molecule has 1 aliphatic heterocycles. The molecule has 2 rings (SSSR count). The fraction of sp³-hybridized carbons (Fsp3) is 0.583. The van der Waals surface area contributed by atoms with Crippen LogP contribution in [0.1, 0.15) is 43.1 Å². The second-order valence-electron chi connectivity index (χ2n) is 4.23. The largest absolute Gasteiger partial charge is 0.331 e. The molecule has 0 radical (unpaired) electrons. The molecular weight excluding hydrogens is 216 g/mol. The van der Waals surface area contributed by atoms with Crippen LogP contribution in [0.3, 0.4) is 0 Å². The molecule has 5 nitrogen and oxygen atoms in total. The first kappa shape index (κ1) is 11.8. The molecule has 17 heavy (non-hydrogen) atoms. The van der Waals surface area contributed by atoms with Crippen LogP contribution in [0, 0.1) is 0 Å². The number of aryl methyl sites for hydroxylation is 1. The zero-order valence-electron chi connectivity index (χ0n) is 10.1. The van der Waals surface area contributed by atoms with Gasteiger partial charge in [0, 0.05) is 6.54 Å². The Hall–Kier alpha value is -1.65. The standard InChI is InChI=1S/C12H18N4O/c1-2-3-4-5-6-16-9-15-11-10(17)7-13-8-14-12(11)16/h8-9H,2-7H2,1H3,(H,13,14). The highest BCUT2D eigenvalue weighted by Crippen LogP contribution is 2.17. The van der Waals surface area contributed by atoms with Crippen molar-refractivity contribution in [3.8, 4) is 0 Å². The van der Waals surface area contributed by atoms with Gasteiger partial charge in [-0.1, -0.05) is 26.2 Å². The highest BCUT2D eigenvalue weighted by Gasteiger charge is 2.18. The zero-order chi connectivity index (χ0) is 12.1. The monoisotopic (exact) mass is 234 g/mol. The molecule has 0 saturated carbocycles. The summed E-state index contributed by atoms with van der Waals surface area (Å²) in [6, 6.07) is 0. The Morgan fingerprint density at radius 3 is 3.12 bits per heavy atom. The summed E-state index contributed by atoms with van der Waals surface area (Å²) in [5.74, 6) is 0.765. The van der Waals surface area contributed by atoms with Crippen LogP contribution < -0.4 is 5.32 Å². The van der Waals surface area contributed by atoms with E-state index in [1.807, 2.05) is 4.57 Å². The number of carbonyl (C=O) groups is 1. The van der Waals surface area contributed by atoms with Crippen molar-refractivity contribution in [1.82, 2.24) is 9.55 Å². The first-order valence-corrected chi connectivity index (χ1v) is 6.16. The van der Waals surface area contributed by atoms with E-state index in [2.05, 4.69) is 22.2 Å². The Balaban J connectivity index is 2.04. The number of carbonyl (C=O) groups excluding carboxylic acids is 1. The van der Waals surface area contributed by atoms with Crippen LogP contribution in [0.25, 0.3) is 0 Å². The van der Waals surface area contributed by atoms with Crippen LogP contribution in [-0.4, -0.2) is 28.2 Å². The van der Waals surface area contributed by atoms with Gasteiger partial charge >= 0.3 is 0 Å². The van der Waals surface area contributed by atoms with Crippen molar-refractivity contribution in [3.63, 3.8) is 0 Å². The third kappa shape index (κ3) is 2.72. The first-order valence-electron chi connectivity index (χ1n) is 6.16. The van der Waals surface area contributed by atoms with Crippen molar-refractivity contribution in [2.24, 2.45) is 4.99 Å². The zero-order valence-corrected chi connectivity index (χ0v) is 10.1. The molecule has 0 aromatic carbocycles. The summed E-state index contributed by atoms with van der Waals surface area (Å²) in [5.41, 5.74) is 0.512. The molecular formula is C12H18N4O. The van der Waals surface area contributed by atoms with Crippen LogP contribution >= 0.6 is 0 Å². The molecule has 1 aromatic rings. The lowest BCUT2D eigenvalue weighted by Gasteiger charge is -2.07. The van der Waals surface area contributed by atoms with Crippen LogP contribution in [0.4, 0.5) is 5.82 Å². The summed E-state index contributed by atoms with van der Waals surface area (Å²) >= 11 is 0. The van der Waals surface area contributed by atoms with Crippen LogP contribution in [-0.2, 0) is 6.54 Å². The second-order valence-corrected chi connectivity index (χ2v) is 4.23. The van der Waals surface area contributed by atoms with E-state index in [-0.39, 0.29) is 12.3 Å². The summed E-state index contributed by atoms with van der Waals surface area (Å²) in [5, 5.41) is 3.03. The lowest BCUT2D eigenvalue weighted by Crippen LogP contribution is -2.07. The highest BCUT2D eigenvalue weighted by molar-refractivity contribution is 6.03. The number of rotatable bonds is 5. The van der Waals surface area contributed by atoms with E-state index < -0.39 is 0 Å². The van der Waals surface area contributed by atoms with Crippen molar-refractivity contribution in [2.45, 2.75) is 39.2 Å². The minimum absolute atomic E-state index is 0.0199. The number of nitrogens with one attached hydrogen (secondary N) is 1. The molecule has 0 amide bonds. The second kappa shape index (κ2) is 5.61. The number of nitrogens with zero attached hydrogens (tertiary/aromatic N) is 3. The summed E-state index contributed by atoms with van der Waals surface area (Å²) < 4.78 is 2.00. The molecule has 2 heterocycles. The molecule has 92 valence electrons. The maximum absolute atomic E-state index is 11.7. The number of anilines is 1. The van der Waals surface area contributed by atoms with Gasteiger partial charge in [0.05, 0.1) is 12.7 Å². The average Bonchev–Trinajstić information content (AvgIpc) is 2.64. The number of aromatic nitrogens is 2. The van der Waals surface area contributed by atoms with Crippen LogP contribution in [0.15, 0.2) is 11.3 Å². The molecule has 1 N–H and O–H groups in total. The number of ketones is 1. The molecule has 0 bridgehead atoms. The maximum Gasteiger partial charge on any atom is 0.206 e. The molecule has 0 aliphatic carbocycles. The summed E-state index contributed by atoms with van der Waals surface area (Å²) in [7, 11) is 0. The van der Waals surface area contributed by atoms with E-state index in [4.69, 9.17) is 0 Å². The van der Waals surface area contributed by atoms with Crippen molar-refractivity contribution < 1.29 is 4.79 Å². The predicted molar refractivity (Wildman–Crippen MR) is 67.7 cm³/mol. The number of fused-ring (bicyclic) bond motifs is 1. The van der Waals surface area contributed by atoms with E-state index in [1.54, 1.807) is 12.7 Å². The molecule has 1 aliphatic rings. The number of Topliss-reactive ketones (excluding diaryl/α,β-unsaturated/α-hetero) is 1. The van der Waals surface area contributed by atoms with Gasteiger partial charge in [-0.2, -0.15) is 0 Å².